The first-order valence-corrected chi connectivity index (χ1v) is 26.8. The molecule has 0 fully saturated rings. The van der Waals surface area contributed by atoms with E-state index < -0.39 is 6.10 Å². The van der Waals surface area contributed by atoms with Crippen molar-refractivity contribution < 1.29 is 28.6 Å². The van der Waals surface area contributed by atoms with Crippen LogP contribution in [-0.4, -0.2) is 37.2 Å². The zero-order valence-electron chi connectivity index (χ0n) is 43.3. The highest BCUT2D eigenvalue weighted by atomic mass is 16.6. The van der Waals surface area contributed by atoms with Crippen molar-refractivity contribution in [3.63, 3.8) is 0 Å². The Bertz CT molecular complexity index is 1540. The lowest BCUT2D eigenvalue weighted by Gasteiger charge is -2.18. The van der Waals surface area contributed by atoms with Crippen LogP contribution < -0.4 is 0 Å². The van der Waals surface area contributed by atoms with Crippen LogP contribution in [0.5, 0.6) is 0 Å². The fraction of sp³-hybridized carbons (Fsp3) is 0.565. The van der Waals surface area contributed by atoms with E-state index in [-0.39, 0.29) is 37.5 Å². The van der Waals surface area contributed by atoms with Gasteiger partial charge < -0.3 is 14.2 Å². The van der Waals surface area contributed by atoms with Crippen molar-refractivity contribution in [2.45, 2.75) is 213 Å². The molecule has 6 nitrogen and oxygen atoms in total. The molecular formula is C62H96O6. The average Bonchev–Trinajstić information content (AvgIpc) is 3.34. The highest BCUT2D eigenvalue weighted by molar-refractivity contribution is 5.71. The molecule has 0 amide bonds. The minimum absolute atomic E-state index is 0.108. The van der Waals surface area contributed by atoms with Gasteiger partial charge in [0.25, 0.3) is 0 Å². The topological polar surface area (TPSA) is 78.9 Å². The van der Waals surface area contributed by atoms with Crippen molar-refractivity contribution in [1.29, 1.82) is 0 Å². The molecule has 0 saturated carbocycles. The lowest BCUT2D eigenvalue weighted by atomic mass is 10.1. The van der Waals surface area contributed by atoms with Crippen LogP contribution in [0.3, 0.4) is 0 Å². The Kier molecular flexibility index (Phi) is 51.1. The third-order valence-electron chi connectivity index (χ3n) is 10.6. The molecule has 0 N–H and O–H groups in total. The van der Waals surface area contributed by atoms with Gasteiger partial charge in [-0.05, 0) is 122 Å². The van der Waals surface area contributed by atoms with Crippen molar-refractivity contribution in [2.75, 3.05) is 13.2 Å². The smallest absolute Gasteiger partial charge is 0.306 e. The van der Waals surface area contributed by atoms with Gasteiger partial charge in [-0.1, -0.05) is 212 Å². The lowest BCUT2D eigenvalue weighted by Crippen LogP contribution is -2.30. The predicted octanol–water partition coefficient (Wildman–Crippen LogP) is 18.0. The summed E-state index contributed by atoms with van der Waals surface area (Å²) in [6.45, 7) is 6.26. The summed E-state index contributed by atoms with van der Waals surface area (Å²) >= 11 is 0. The van der Waals surface area contributed by atoms with Crippen molar-refractivity contribution in [1.82, 2.24) is 0 Å². The van der Waals surface area contributed by atoms with Crippen LogP contribution in [0.2, 0.25) is 0 Å². The number of hydrogen-bond donors (Lipinski definition) is 0. The van der Waals surface area contributed by atoms with Crippen molar-refractivity contribution >= 4 is 17.9 Å². The SMILES string of the molecule is CC/C=C\C/C=C\C/C=C\C/C=C\C/C=C\C/C=C\C/C=C\C/C=C\CCCCC(=O)OCC(COC(=O)CCCCCCCC)OC(=O)CCCCCC/C=C\C/C=C\C/C=C\C/C=C\CC. The molecule has 1 unspecified atom stereocenters. The molecule has 0 rings (SSSR count). The van der Waals surface area contributed by atoms with Gasteiger partial charge in [0, 0.05) is 19.3 Å². The zero-order valence-corrected chi connectivity index (χ0v) is 43.3. The van der Waals surface area contributed by atoms with Gasteiger partial charge in [-0.2, -0.15) is 0 Å². The van der Waals surface area contributed by atoms with Crippen molar-refractivity contribution in [2.24, 2.45) is 0 Å². The van der Waals surface area contributed by atoms with Gasteiger partial charge in [-0.15, -0.1) is 0 Å². The van der Waals surface area contributed by atoms with Crippen LogP contribution in [0.1, 0.15) is 207 Å². The first kappa shape index (κ1) is 63.3. The van der Waals surface area contributed by atoms with Gasteiger partial charge >= 0.3 is 17.9 Å². The Balaban J connectivity index is 4.34. The van der Waals surface area contributed by atoms with Gasteiger partial charge in [0.15, 0.2) is 6.10 Å². The van der Waals surface area contributed by atoms with E-state index in [1.807, 2.05) is 0 Å². The quantitative estimate of drug-likeness (QED) is 0.0262. The summed E-state index contributed by atoms with van der Waals surface area (Å²) in [5, 5.41) is 0. The van der Waals surface area contributed by atoms with Gasteiger partial charge in [0.05, 0.1) is 0 Å². The van der Waals surface area contributed by atoms with E-state index in [1.54, 1.807) is 0 Å². The molecule has 0 radical (unpaired) electrons. The molecule has 0 aliphatic carbocycles. The fourth-order valence-corrected chi connectivity index (χ4v) is 6.62. The van der Waals surface area contributed by atoms with Crippen LogP contribution >= 0.6 is 0 Å². The van der Waals surface area contributed by atoms with Crippen LogP contribution in [0.15, 0.2) is 146 Å². The van der Waals surface area contributed by atoms with E-state index in [9.17, 15) is 14.4 Å². The van der Waals surface area contributed by atoms with Crippen LogP contribution in [0.25, 0.3) is 0 Å². The molecule has 0 aromatic rings. The zero-order chi connectivity index (χ0) is 49.3. The molecule has 380 valence electrons. The Morgan fingerprint density at radius 3 is 0.926 bits per heavy atom. The molecular weight excluding hydrogens is 841 g/mol. The number of allylic oxidation sites excluding steroid dienone is 24. The molecule has 0 aromatic carbocycles. The number of carbonyl (C=O) groups excluding carboxylic acids is 3. The lowest BCUT2D eigenvalue weighted by molar-refractivity contribution is -0.167. The maximum Gasteiger partial charge on any atom is 0.306 e. The third-order valence-corrected chi connectivity index (χ3v) is 10.6. The molecule has 1 atom stereocenters. The second-order valence-corrected chi connectivity index (χ2v) is 17.0. The minimum atomic E-state index is -0.812. The predicted molar refractivity (Wildman–Crippen MR) is 292 cm³/mol. The summed E-state index contributed by atoms with van der Waals surface area (Å²) in [6.07, 6.45) is 78.6. The standard InChI is InChI=1S/C62H96O6/c1-4-7-10-13-16-18-20-22-24-26-27-28-29-30-31-32-33-34-35-37-38-40-42-44-46-49-52-55-61(64)67-58-59(57-66-60(63)54-51-48-15-12-9-6-3)68-62(65)56-53-50-47-45-43-41-39-36-25-23-21-19-17-14-11-8-5-2/h7-8,10-11,16-19,22-25,27-28,30-31,33-34,37-39,41-42,44,59H,4-6,9,12-15,20-21,26,29,32,35-36,40,43,45-58H2,1-3H3/b10-7-,11-8-,18-16-,19-17-,24-22-,25-23-,28-27-,31-30-,34-33-,38-37-,41-39-,44-42-. The number of hydrogen-bond acceptors (Lipinski definition) is 6. The van der Waals surface area contributed by atoms with Crippen LogP contribution in [-0.2, 0) is 28.6 Å². The number of rotatable bonds is 46. The Morgan fingerprint density at radius 2 is 0.574 bits per heavy atom. The van der Waals surface area contributed by atoms with Gasteiger partial charge in [0.2, 0.25) is 0 Å². The molecule has 0 aromatic heterocycles. The van der Waals surface area contributed by atoms with Gasteiger partial charge in [-0.25, -0.2) is 0 Å². The average molecular weight is 937 g/mol. The van der Waals surface area contributed by atoms with Gasteiger partial charge in [-0.3, -0.25) is 14.4 Å². The maximum atomic E-state index is 12.8. The van der Waals surface area contributed by atoms with E-state index in [0.29, 0.717) is 19.3 Å². The first-order valence-electron chi connectivity index (χ1n) is 26.8. The highest BCUT2D eigenvalue weighted by Gasteiger charge is 2.19. The van der Waals surface area contributed by atoms with Crippen molar-refractivity contribution in [3.05, 3.63) is 146 Å². The molecule has 0 saturated heterocycles. The summed E-state index contributed by atoms with van der Waals surface area (Å²) in [5.41, 5.74) is 0. The number of ether oxygens (including phenoxy) is 3. The molecule has 0 aliphatic rings. The maximum absolute atomic E-state index is 12.8. The Hall–Kier alpha value is -4.71. The summed E-state index contributed by atoms with van der Waals surface area (Å²) < 4.78 is 16.6. The van der Waals surface area contributed by atoms with E-state index in [4.69, 9.17) is 14.2 Å². The number of esters is 3. The molecule has 68 heavy (non-hydrogen) atoms. The second-order valence-electron chi connectivity index (χ2n) is 17.0. The van der Waals surface area contributed by atoms with E-state index in [0.717, 1.165) is 141 Å². The Labute approximate surface area is 417 Å². The molecule has 6 heteroatoms. The molecule has 0 bridgehead atoms. The summed E-state index contributed by atoms with van der Waals surface area (Å²) in [6, 6.07) is 0. The van der Waals surface area contributed by atoms with E-state index in [1.165, 1.54) is 19.3 Å². The molecule has 0 heterocycles. The Morgan fingerprint density at radius 1 is 0.309 bits per heavy atom. The first-order chi connectivity index (χ1) is 33.5. The van der Waals surface area contributed by atoms with E-state index >= 15 is 0 Å². The third kappa shape index (κ3) is 52.3. The molecule has 0 spiro atoms. The monoisotopic (exact) mass is 937 g/mol. The minimum Gasteiger partial charge on any atom is -0.462 e. The van der Waals surface area contributed by atoms with Crippen LogP contribution in [0.4, 0.5) is 0 Å². The van der Waals surface area contributed by atoms with Gasteiger partial charge in [0.1, 0.15) is 13.2 Å². The number of unbranched alkanes of at least 4 members (excludes halogenated alkanes) is 11. The molecule has 0 aliphatic heterocycles. The van der Waals surface area contributed by atoms with E-state index in [2.05, 4.69) is 167 Å². The number of carbonyl (C=O) groups is 3. The van der Waals surface area contributed by atoms with Crippen molar-refractivity contribution in [3.8, 4) is 0 Å². The summed E-state index contributed by atoms with van der Waals surface area (Å²) in [7, 11) is 0. The normalized spacial score (nSPS) is 13.3. The summed E-state index contributed by atoms with van der Waals surface area (Å²) in [4.78, 5) is 37.8. The fourth-order valence-electron chi connectivity index (χ4n) is 6.62. The second kappa shape index (κ2) is 54.9. The largest absolute Gasteiger partial charge is 0.462 e. The van der Waals surface area contributed by atoms with Crippen LogP contribution in [0, 0.1) is 0 Å². The summed E-state index contributed by atoms with van der Waals surface area (Å²) in [5.74, 6) is -0.999. The highest BCUT2D eigenvalue weighted by Crippen LogP contribution is 2.12.